The molecule has 6 heteroatoms. The van der Waals surface area contributed by atoms with E-state index in [9.17, 15) is 4.39 Å². The summed E-state index contributed by atoms with van der Waals surface area (Å²) in [4.78, 5) is 0. The minimum absolute atomic E-state index is 0.210. The van der Waals surface area contributed by atoms with Gasteiger partial charge in [0.25, 0.3) is 0 Å². The summed E-state index contributed by atoms with van der Waals surface area (Å²) in [6.45, 7) is 0. The molecule has 2 nitrogen and oxygen atoms in total. The van der Waals surface area contributed by atoms with E-state index >= 15 is 0 Å². The van der Waals surface area contributed by atoms with E-state index in [1.807, 2.05) is 0 Å². The molecule has 0 heterocycles. The first kappa shape index (κ1) is 15.8. The maximum absolute atomic E-state index is 13.9. The predicted molar refractivity (Wildman–Crippen MR) is 87.5 cm³/mol. The molecular weight excluding hydrogens is 459 g/mol. The van der Waals surface area contributed by atoms with Crippen LogP contribution in [0.25, 0.3) is 0 Å². The quantitative estimate of drug-likeness (QED) is 0.509. The van der Waals surface area contributed by atoms with Crippen LogP contribution in [0.5, 0.6) is 17.2 Å². The summed E-state index contributed by atoms with van der Waals surface area (Å²) in [5, 5.41) is 0.509. The van der Waals surface area contributed by atoms with Gasteiger partial charge in [0.05, 0.1) is 16.1 Å². The molecule has 0 bridgehead atoms. The number of rotatable bonds is 4. The topological polar surface area (TPSA) is 18.5 Å². The molecule has 0 aliphatic heterocycles. The molecule has 0 saturated carbocycles. The zero-order valence-corrected chi connectivity index (χ0v) is 15.2. The van der Waals surface area contributed by atoms with Gasteiger partial charge in [-0.3, -0.25) is 0 Å². The van der Waals surface area contributed by atoms with E-state index in [1.165, 1.54) is 6.07 Å². The molecule has 2 aromatic carbocycles. The molecule has 0 radical (unpaired) electrons. The third kappa shape index (κ3) is 3.35. The second kappa shape index (κ2) is 6.91. The maximum Gasteiger partial charge on any atom is 0.167 e. The molecule has 0 unspecified atom stereocenters. The molecule has 0 aliphatic rings. The van der Waals surface area contributed by atoms with Gasteiger partial charge < -0.3 is 9.47 Å². The number of alkyl halides is 1. The fourth-order valence-electron chi connectivity index (χ4n) is 1.63. The Balaban J connectivity index is 2.43. The Morgan fingerprint density at radius 2 is 1.75 bits per heavy atom. The van der Waals surface area contributed by atoms with E-state index in [0.29, 0.717) is 21.3 Å². The number of hydrogen-bond donors (Lipinski definition) is 0. The van der Waals surface area contributed by atoms with Crippen molar-refractivity contribution in [1.82, 2.24) is 0 Å². The molecule has 20 heavy (non-hydrogen) atoms. The number of hydrogen-bond acceptors (Lipinski definition) is 2. The molecule has 0 spiro atoms. The monoisotopic (exact) mass is 466 g/mol. The zero-order valence-electron chi connectivity index (χ0n) is 10.4. The summed E-state index contributed by atoms with van der Waals surface area (Å²) in [6, 6.07) is 8.31. The van der Waals surface area contributed by atoms with Crippen molar-refractivity contribution < 1.29 is 13.9 Å². The van der Waals surface area contributed by atoms with Crippen LogP contribution in [0.2, 0.25) is 0 Å². The van der Waals surface area contributed by atoms with Crippen LogP contribution in [0.4, 0.5) is 4.39 Å². The van der Waals surface area contributed by atoms with Gasteiger partial charge in [0, 0.05) is 10.9 Å². The van der Waals surface area contributed by atoms with Gasteiger partial charge in [-0.15, -0.1) is 0 Å². The van der Waals surface area contributed by atoms with E-state index in [2.05, 4.69) is 47.8 Å². The zero-order chi connectivity index (χ0) is 14.7. The van der Waals surface area contributed by atoms with Gasteiger partial charge in [0.1, 0.15) is 11.5 Å². The van der Waals surface area contributed by atoms with Crippen molar-refractivity contribution in [3.8, 4) is 17.2 Å². The summed E-state index contributed by atoms with van der Waals surface area (Å²) in [6.07, 6.45) is 0. The lowest BCUT2D eigenvalue weighted by molar-refractivity contribution is 0.407. The van der Waals surface area contributed by atoms with Crippen LogP contribution in [0.3, 0.4) is 0 Å². The van der Waals surface area contributed by atoms with Gasteiger partial charge in [-0.2, -0.15) is 0 Å². The Morgan fingerprint density at radius 3 is 2.40 bits per heavy atom. The Hall–Kier alpha value is -0.590. The highest BCUT2D eigenvalue weighted by Gasteiger charge is 2.14. The Morgan fingerprint density at radius 1 is 1.10 bits per heavy atom. The average molecular weight is 469 g/mol. The molecule has 2 aromatic rings. The minimum atomic E-state index is -0.402. The third-order valence-corrected chi connectivity index (χ3v) is 4.45. The summed E-state index contributed by atoms with van der Waals surface area (Å²) in [7, 11) is 1.58. The lowest BCUT2D eigenvalue weighted by atomic mass is 10.2. The van der Waals surface area contributed by atoms with Crippen molar-refractivity contribution in [3.05, 3.63) is 50.7 Å². The van der Waals surface area contributed by atoms with Gasteiger partial charge in [-0.1, -0.05) is 28.1 Å². The molecular formula is C14H10Br3FO2. The first-order chi connectivity index (χ1) is 9.56. The van der Waals surface area contributed by atoms with Crippen LogP contribution >= 0.6 is 47.8 Å². The SMILES string of the molecule is COc1cc(Br)c(Oc2c(F)cccc2CBr)cc1Br. The van der Waals surface area contributed by atoms with Crippen LogP contribution in [-0.2, 0) is 5.33 Å². The fourth-order valence-corrected chi connectivity index (χ4v) is 2.96. The minimum Gasteiger partial charge on any atom is -0.496 e. The summed E-state index contributed by atoms with van der Waals surface area (Å²) < 4.78 is 26.2. The Bertz CT molecular complexity index is 632. The van der Waals surface area contributed by atoms with Crippen molar-refractivity contribution in [2.45, 2.75) is 5.33 Å². The normalized spacial score (nSPS) is 10.4. The molecule has 106 valence electrons. The number of halogens is 4. The fraction of sp³-hybridized carbons (Fsp3) is 0.143. The third-order valence-electron chi connectivity index (χ3n) is 2.61. The smallest absolute Gasteiger partial charge is 0.167 e. The van der Waals surface area contributed by atoms with Gasteiger partial charge in [-0.05, 0) is 50.1 Å². The predicted octanol–water partition coefficient (Wildman–Crippen LogP) is 6.05. The van der Waals surface area contributed by atoms with Gasteiger partial charge in [0.15, 0.2) is 11.6 Å². The second-order valence-corrected chi connectivity index (χ2v) is 6.15. The molecule has 0 N–H and O–H groups in total. The molecule has 0 fully saturated rings. The molecule has 0 aliphatic carbocycles. The van der Waals surface area contributed by atoms with E-state index in [4.69, 9.17) is 9.47 Å². The molecule has 2 rings (SSSR count). The van der Waals surface area contributed by atoms with Crippen molar-refractivity contribution in [2.24, 2.45) is 0 Å². The second-order valence-electron chi connectivity index (χ2n) is 3.88. The van der Waals surface area contributed by atoms with Gasteiger partial charge in [0.2, 0.25) is 0 Å². The van der Waals surface area contributed by atoms with Crippen LogP contribution in [0, 0.1) is 5.82 Å². The largest absolute Gasteiger partial charge is 0.496 e. The van der Waals surface area contributed by atoms with Crippen molar-refractivity contribution >= 4 is 47.8 Å². The molecule has 0 atom stereocenters. The highest BCUT2D eigenvalue weighted by Crippen LogP contribution is 2.39. The van der Waals surface area contributed by atoms with E-state index in [-0.39, 0.29) is 5.75 Å². The van der Waals surface area contributed by atoms with Crippen LogP contribution < -0.4 is 9.47 Å². The summed E-state index contributed by atoms with van der Waals surface area (Å²) in [5.74, 6) is 0.978. The number of benzene rings is 2. The van der Waals surface area contributed by atoms with Gasteiger partial charge in [-0.25, -0.2) is 4.39 Å². The first-order valence-corrected chi connectivity index (χ1v) is 8.31. The van der Waals surface area contributed by atoms with Crippen LogP contribution in [0.15, 0.2) is 39.3 Å². The summed E-state index contributed by atoms with van der Waals surface area (Å²) >= 11 is 10.1. The average Bonchev–Trinajstić information content (AvgIpc) is 2.44. The van der Waals surface area contributed by atoms with Crippen molar-refractivity contribution in [1.29, 1.82) is 0 Å². The highest BCUT2D eigenvalue weighted by molar-refractivity contribution is 9.11. The maximum atomic E-state index is 13.9. The number of para-hydroxylation sites is 1. The van der Waals surface area contributed by atoms with Gasteiger partial charge >= 0.3 is 0 Å². The number of methoxy groups -OCH3 is 1. The van der Waals surface area contributed by atoms with Crippen LogP contribution in [0.1, 0.15) is 5.56 Å². The van der Waals surface area contributed by atoms with E-state index < -0.39 is 5.82 Å². The molecule has 0 saturated heterocycles. The first-order valence-electron chi connectivity index (χ1n) is 5.61. The van der Waals surface area contributed by atoms with Crippen LogP contribution in [-0.4, -0.2) is 7.11 Å². The van der Waals surface area contributed by atoms with E-state index in [0.717, 1.165) is 10.0 Å². The standard InChI is InChI=1S/C14H10Br3FO2/c1-19-12-5-10(17)13(6-9(12)16)20-14-8(7-15)3-2-4-11(14)18/h2-6H,7H2,1H3. The van der Waals surface area contributed by atoms with E-state index in [1.54, 1.807) is 31.4 Å². The lowest BCUT2D eigenvalue weighted by Crippen LogP contribution is -1.95. The van der Waals surface area contributed by atoms with Crippen molar-refractivity contribution in [3.63, 3.8) is 0 Å². The molecule has 0 aromatic heterocycles. The summed E-state index contributed by atoms with van der Waals surface area (Å²) in [5.41, 5.74) is 0.740. The lowest BCUT2D eigenvalue weighted by Gasteiger charge is -2.13. The Labute approximate surface area is 141 Å². The highest BCUT2D eigenvalue weighted by atomic mass is 79.9. The molecule has 0 amide bonds. The number of ether oxygens (including phenoxy) is 2. The van der Waals surface area contributed by atoms with Crippen molar-refractivity contribution in [2.75, 3.05) is 7.11 Å². The Kier molecular flexibility index (Phi) is 5.46.